The minimum absolute atomic E-state index is 0.0359. The lowest BCUT2D eigenvalue weighted by atomic mass is 10.1. The van der Waals surface area contributed by atoms with Gasteiger partial charge in [0.15, 0.2) is 0 Å². The average Bonchev–Trinajstić information content (AvgIpc) is 2.84. The first kappa shape index (κ1) is 22.6. The molecule has 3 heterocycles. The van der Waals surface area contributed by atoms with Gasteiger partial charge in [0.2, 0.25) is 5.95 Å². The normalized spacial score (nSPS) is 16.1. The summed E-state index contributed by atoms with van der Waals surface area (Å²) in [5.41, 5.74) is 8.45. The molecule has 3 aromatic rings. The van der Waals surface area contributed by atoms with Gasteiger partial charge in [-0.15, -0.1) is 0 Å². The molecule has 1 saturated heterocycles. The number of rotatable bonds is 7. The fourth-order valence-electron chi connectivity index (χ4n) is 3.50. The van der Waals surface area contributed by atoms with Crippen LogP contribution in [0.4, 0.5) is 5.95 Å². The van der Waals surface area contributed by atoms with Crippen LogP contribution in [0.2, 0.25) is 0 Å². The lowest BCUT2D eigenvalue weighted by Gasteiger charge is -2.33. The van der Waals surface area contributed by atoms with Crippen LogP contribution in [0.25, 0.3) is 11.3 Å². The predicted molar refractivity (Wildman–Crippen MR) is 125 cm³/mol. The molecule has 1 aliphatic heterocycles. The molecule has 9 nitrogen and oxygen atoms in total. The van der Waals surface area contributed by atoms with Crippen LogP contribution >= 0.6 is 0 Å². The number of pyridine rings is 1. The van der Waals surface area contributed by atoms with E-state index in [9.17, 15) is 4.79 Å². The van der Waals surface area contributed by atoms with Crippen LogP contribution in [0.3, 0.4) is 0 Å². The van der Waals surface area contributed by atoms with Gasteiger partial charge in [0, 0.05) is 36.6 Å². The molecule has 2 N–H and O–H groups in total. The maximum atomic E-state index is 13.1. The summed E-state index contributed by atoms with van der Waals surface area (Å²) in [7, 11) is 4.00. The molecule has 0 radical (unpaired) electrons. The number of hydrogen-bond donors (Lipinski definition) is 1. The Labute approximate surface area is 193 Å². The van der Waals surface area contributed by atoms with Crippen molar-refractivity contribution in [2.45, 2.75) is 6.10 Å². The maximum Gasteiger partial charge on any atom is 0.254 e. The van der Waals surface area contributed by atoms with Crippen LogP contribution in [0.1, 0.15) is 22.2 Å². The molecule has 172 valence electrons. The van der Waals surface area contributed by atoms with Crippen molar-refractivity contribution in [3.63, 3.8) is 0 Å². The zero-order valence-corrected chi connectivity index (χ0v) is 18.8. The second-order valence-electron chi connectivity index (χ2n) is 8.06. The summed E-state index contributed by atoms with van der Waals surface area (Å²) < 4.78 is 11.7. The fourth-order valence-corrected chi connectivity index (χ4v) is 3.50. The number of aromatic nitrogens is 3. The number of amides is 1. The Morgan fingerprint density at radius 1 is 1.18 bits per heavy atom. The summed E-state index contributed by atoms with van der Waals surface area (Å²) in [6.45, 7) is 2.83. The highest BCUT2D eigenvalue weighted by Crippen LogP contribution is 2.25. The molecular formula is C24H28N6O3. The van der Waals surface area contributed by atoms with Crippen molar-refractivity contribution in [1.29, 1.82) is 0 Å². The second-order valence-corrected chi connectivity index (χ2v) is 8.06. The first-order valence-electron chi connectivity index (χ1n) is 10.8. The molecule has 1 aliphatic rings. The molecule has 33 heavy (non-hydrogen) atoms. The lowest BCUT2D eigenvalue weighted by molar-refractivity contribution is -0.0246. The molecule has 1 fully saturated rings. The highest BCUT2D eigenvalue weighted by Gasteiger charge is 2.27. The molecule has 1 atom stereocenters. The molecule has 0 unspecified atom stereocenters. The molecule has 4 rings (SSSR count). The third kappa shape index (κ3) is 5.82. The SMILES string of the molecule is CN(C)CCOc1ccc(C(=O)N2CCO[C@H](c3cccc(-c4cnc(N)nc4)n3)C2)cc1. The predicted octanol–water partition coefficient (Wildman–Crippen LogP) is 2.27. The zero-order chi connectivity index (χ0) is 23.2. The van der Waals surface area contributed by atoms with Crippen LogP contribution in [0, 0.1) is 0 Å². The molecule has 9 heteroatoms. The second kappa shape index (κ2) is 10.4. The lowest BCUT2D eigenvalue weighted by Crippen LogP contribution is -2.42. The Bertz CT molecular complexity index is 1070. The van der Waals surface area contributed by atoms with Gasteiger partial charge in [0.05, 0.1) is 24.5 Å². The van der Waals surface area contributed by atoms with Gasteiger partial charge in [-0.25, -0.2) is 15.0 Å². The minimum Gasteiger partial charge on any atom is -0.492 e. The van der Waals surface area contributed by atoms with Crippen molar-refractivity contribution in [2.24, 2.45) is 0 Å². The first-order valence-corrected chi connectivity index (χ1v) is 10.8. The van der Waals surface area contributed by atoms with E-state index in [1.165, 1.54) is 0 Å². The molecule has 0 bridgehead atoms. The van der Waals surface area contributed by atoms with Crippen LogP contribution in [-0.2, 0) is 4.74 Å². The third-order valence-corrected chi connectivity index (χ3v) is 5.33. The summed E-state index contributed by atoms with van der Waals surface area (Å²) in [4.78, 5) is 29.7. The third-order valence-electron chi connectivity index (χ3n) is 5.33. The van der Waals surface area contributed by atoms with E-state index in [-0.39, 0.29) is 18.0 Å². The highest BCUT2D eigenvalue weighted by molar-refractivity contribution is 5.94. The van der Waals surface area contributed by atoms with E-state index < -0.39 is 0 Å². The maximum absolute atomic E-state index is 13.1. The fraction of sp³-hybridized carbons (Fsp3) is 0.333. The van der Waals surface area contributed by atoms with Crippen LogP contribution < -0.4 is 10.5 Å². The van der Waals surface area contributed by atoms with Gasteiger partial charge in [0.1, 0.15) is 18.5 Å². The van der Waals surface area contributed by atoms with E-state index in [0.717, 1.165) is 29.2 Å². The van der Waals surface area contributed by atoms with E-state index in [1.54, 1.807) is 29.4 Å². The van der Waals surface area contributed by atoms with Gasteiger partial charge in [-0.3, -0.25) is 4.79 Å². The molecule has 2 aromatic heterocycles. The van der Waals surface area contributed by atoms with Crippen molar-refractivity contribution in [1.82, 2.24) is 24.8 Å². The zero-order valence-electron chi connectivity index (χ0n) is 18.8. The average molecular weight is 449 g/mol. The van der Waals surface area contributed by atoms with Crippen LogP contribution in [0.15, 0.2) is 54.9 Å². The van der Waals surface area contributed by atoms with E-state index in [2.05, 4.69) is 14.9 Å². The van der Waals surface area contributed by atoms with Gasteiger partial charge < -0.3 is 25.0 Å². The number of carbonyl (C=O) groups is 1. The van der Waals surface area contributed by atoms with Gasteiger partial charge in [-0.1, -0.05) is 6.07 Å². The van der Waals surface area contributed by atoms with Gasteiger partial charge in [-0.05, 0) is 50.5 Å². The first-order chi connectivity index (χ1) is 16.0. The summed E-state index contributed by atoms with van der Waals surface area (Å²) in [5, 5.41) is 0. The summed E-state index contributed by atoms with van der Waals surface area (Å²) in [6.07, 6.45) is 2.96. The summed E-state index contributed by atoms with van der Waals surface area (Å²) in [5.74, 6) is 0.931. The number of morpholine rings is 1. The molecule has 1 amide bonds. The van der Waals surface area contributed by atoms with Gasteiger partial charge >= 0.3 is 0 Å². The Kier molecular flexibility index (Phi) is 7.11. The Balaban J connectivity index is 1.41. The van der Waals surface area contributed by atoms with Crippen molar-refractivity contribution in [3.05, 3.63) is 66.1 Å². The minimum atomic E-state index is -0.314. The number of nitrogens with two attached hydrogens (primary N) is 1. The van der Waals surface area contributed by atoms with Crippen LogP contribution in [0.5, 0.6) is 5.75 Å². The van der Waals surface area contributed by atoms with Gasteiger partial charge in [0.25, 0.3) is 5.91 Å². The molecular weight excluding hydrogens is 420 g/mol. The monoisotopic (exact) mass is 448 g/mol. The van der Waals surface area contributed by atoms with E-state index >= 15 is 0 Å². The smallest absolute Gasteiger partial charge is 0.254 e. The number of benzene rings is 1. The van der Waals surface area contributed by atoms with E-state index in [1.807, 2.05) is 44.4 Å². The molecule has 1 aromatic carbocycles. The number of carbonyl (C=O) groups excluding carboxylic acids is 1. The van der Waals surface area contributed by atoms with E-state index in [0.29, 0.717) is 31.9 Å². The quantitative estimate of drug-likeness (QED) is 0.587. The number of hydrogen-bond acceptors (Lipinski definition) is 8. The Morgan fingerprint density at radius 3 is 2.67 bits per heavy atom. The number of nitrogens with zero attached hydrogens (tertiary/aromatic N) is 5. The summed E-state index contributed by atoms with van der Waals surface area (Å²) >= 11 is 0. The van der Waals surface area contributed by atoms with Crippen molar-refractivity contribution < 1.29 is 14.3 Å². The van der Waals surface area contributed by atoms with E-state index in [4.69, 9.17) is 20.2 Å². The highest BCUT2D eigenvalue weighted by atomic mass is 16.5. The topological polar surface area (TPSA) is 107 Å². The van der Waals surface area contributed by atoms with Crippen molar-refractivity contribution >= 4 is 11.9 Å². The molecule has 0 spiro atoms. The largest absolute Gasteiger partial charge is 0.492 e. The number of likely N-dealkylation sites (N-methyl/N-ethyl adjacent to an activating group) is 1. The van der Waals surface area contributed by atoms with Gasteiger partial charge in [-0.2, -0.15) is 0 Å². The number of ether oxygens (including phenoxy) is 2. The van der Waals surface area contributed by atoms with Crippen molar-refractivity contribution in [2.75, 3.05) is 52.7 Å². The number of nitrogen functional groups attached to an aromatic ring is 1. The van der Waals surface area contributed by atoms with Crippen molar-refractivity contribution in [3.8, 4) is 17.0 Å². The summed E-state index contributed by atoms with van der Waals surface area (Å²) in [6, 6.07) is 13.0. The molecule has 0 aliphatic carbocycles. The Morgan fingerprint density at radius 2 is 1.94 bits per heavy atom. The molecule has 0 saturated carbocycles. The number of anilines is 1. The van der Waals surface area contributed by atoms with Crippen LogP contribution in [-0.4, -0.2) is 77.6 Å². The Hall–Kier alpha value is -3.56. The standard InChI is InChI=1S/C24H28N6O3/c1-29(2)10-12-32-19-8-6-17(7-9-19)23(31)30-11-13-33-22(16-30)21-5-3-4-20(28-21)18-14-26-24(25)27-15-18/h3-9,14-15,22H,10-13,16H2,1-2H3,(H2,25,26,27)/t22-/m0/s1.